The Morgan fingerprint density at radius 3 is 2.28 bits per heavy atom. The highest BCUT2D eigenvalue weighted by molar-refractivity contribution is 9.10. The molecule has 3 N–H and O–H groups in total. The maximum atomic E-state index is 13.3. The van der Waals surface area contributed by atoms with Crippen molar-refractivity contribution in [1.29, 1.82) is 0 Å². The third-order valence-electron chi connectivity index (χ3n) is 2.29. The van der Waals surface area contributed by atoms with Crippen molar-refractivity contribution in [2.75, 3.05) is 11.1 Å². The lowest BCUT2D eigenvalue weighted by Crippen LogP contribution is -1.98. The van der Waals surface area contributed by atoms with Crippen LogP contribution < -0.4 is 11.1 Å². The Hall–Kier alpha value is -1.14. The molecule has 0 unspecified atom stereocenters. The molecule has 0 aliphatic rings. The van der Waals surface area contributed by atoms with E-state index in [2.05, 4.69) is 37.2 Å². The van der Waals surface area contributed by atoms with Crippen molar-refractivity contribution >= 4 is 48.9 Å². The van der Waals surface area contributed by atoms with E-state index in [0.717, 1.165) is 0 Å². The molecule has 0 fully saturated rings. The van der Waals surface area contributed by atoms with E-state index < -0.39 is 5.82 Å². The number of benzene rings is 2. The van der Waals surface area contributed by atoms with Gasteiger partial charge in [0.1, 0.15) is 11.6 Å². The molecule has 0 spiro atoms. The molecule has 2 rings (SSSR count). The molecular weight excluding hydrogens is 370 g/mol. The minimum atomic E-state index is -0.444. The van der Waals surface area contributed by atoms with E-state index in [4.69, 9.17) is 5.73 Å². The van der Waals surface area contributed by atoms with Gasteiger partial charge in [-0.1, -0.05) is 0 Å². The lowest BCUT2D eigenvalue weighted by Gasteiger charge is -2.10. The van der Waals surface area contributed by atoms with E-state index in [1.165, 1.54) is 18.2 Å². The lowest BCUT2D eigenvalue weighted by atomic mass is 10.2. The molecule has 0 aliphatic carbocycles. The van der Waals surface area contributed by atoms with Crippen LogP contribution in [0.4, 0.5) is 25.8 Å². The van der Waals surface area contributed by atoms with Crippen LogP contribution in [-0.4, -0.2) is 0 Å². The molecule has 2 nitrogen and oxygen atoms in total. The third-order valence-corrected chi connectivity index (χ3v) is 3.54. The molecule has 0 saturated carbocycles. The first kappa shape index (κ1) is 13.3. The lowest BCUT2D eigenvalue weighted by molar-refractivity contribution is 0.621. The normalized spacial score (nSPS) is 10.4. The average molecular weight is 378 g/mol. The quantitative estimate of drug-likeness (QED) is 0.736. The summed E-state index contributed by atoms with van der Waals surface area (Å²) >= 11 is 6.13. The monoisotopic (exact) mass is 376 g/mol. The zero-order chi connectivity index (χ0) is 13.3. The maximum absolute atomic E-state index is 13.3. The topological polar surface area (TPSA) is 38.0 Å². The Morgan fingerprint density at radius 2 is 1.61 bits per heavy atom. The van der Waals surface area contributed by atoms with Crippen LogP contribution in [0.2, 0.25) is 0 Å². The number of anilines is 3. The van der Waals surface area contributed by atoms with Crippen LogP contribution in [0.25, 0.3) is 0 Å². The van der Waals surface area contributed by atoms with Crippen LogP contribution in [-0.2, 0) is 0 Å². The molecule has 2 aromatic carbocycles. The van der Waals surface area contributed by atoms with Crippen LogP contribution in [0, 0.1) is 11.6 Å². The molecule has 18 heavy (non-hydrogen) atoms. The Kier molecular flexibility index (Phi) is 3.87. The smallest absolute Gasteiger partial charge is 0.139 e. The third kappa shape index (κ3) is 2.81. The number of nitrogens with two attached hydrogens (primary N) is 1. The number of hydrogen-bond acceptors (Lipinski definition) is 2. The molecule has 6 heteroatoms. The zero-order valence-electron chi connectivity index (χ0n) is 8.98. The summed E-state index contributed by atoms with van der Waals surface area (Å²) in [6.07, 6.45) is 0. The maximum Gasteiger partial charge on any atom is 0.139 e. The minimum absolute atomic E-state index is 0.249. The van der Waals surface area contributed by atoms with Gasteiger partial charge in [-0.05, 0) is 56.1 Å². The van der Waals surface area contributed by atoms with Crippen LogP contribution in [0.1, 0.15) is 0 Å². The first-order valence-corrected chi connectivity index (χ1v) is 6.52. The predicted octanol–water partition coefficient (Wildman–Crippen LogP) is 4.82. The molecular formula is C12H8Br2F2N2. The van der Waals surface area contributed by atoms with Crippen LogP contribution >= 0.6 is 31.9 Å². The fourth-order valence-electron chi connectivity index (χ4n) is 1.40. The van der Waals surface area contributed by atoms with E-state index in [9.17, 15) is 8.78 Å². The fraction of sp³-hybridized carbons (Fsp3) is 0. The summed E-state index contributed by atoms with van der Waals surface area (Å²) in [6.45, 7) is 0. The summed E-state index contributed by atoms with van der Waals surface area (Å²) in [5, 5.41) is 2.93. The number of halogens is 4. The summed E-state index contributed by atoms with van der Waals surface area (Å²) in [5.41, 5.74) is 6.96. The Bertz CT molecular complexity index is 603. The van der Waals surface area contributed by atoms with E-state index >= 15 is 0 Å². The van der Waals surface area contributed by atoms with Crippen molar-refractivity contribution in [3.63, 3.8) is 0 Å². The molecule has 94 valence electrons. The van der Waals surface area contributed by atoms with E-state index in [1.807, 2.05) is 0 Å². The Morgan fingerprint density at radius 1 is 0.944 bits per heavy atom. The van der Waals surface area contributed by atoms with Crippen molar-refractivity contribution in [3.05, 3.63) is 50.9 Å². The molecule has 0 saturated heterocycles. The van der Waals surface area contributed by atoms with Crippen molar-refractivity contribution in [2.45, 2.75) is 0 Å². The van der Waals surface area contributed by atoms with Gasteiger partial charge in [0.25, 0.3) is 0 Å². The Balaban J connectivity index is 2.34. The summed E-state index contributed by atoms with van der Waals surface area (Å²) < 4.78 is 27.2. The predicted molar refractivity (Wildman–Crippen MR) is 75.9 cm³/mol. The number of nitrogens with one attached hydrogen (secondary N) is 1. The highest BCUT2D eigenvalue weighted by Gasteiger charge is 2.07. The molecule has 2 aromatic rings. The molecule has 0 aromatic heterocycles. The highest BCUT2D eigenvalue weighted by atomic mass is 79.9. The van der Waals surface area contributed by atoms with Gasteiger partial charge in [0.15, 0.2) is 0 Å². The number of hydrogen-bond donors (Lipinski definition) is 2. The second-order valence-electron chi connectivity index (χ2n) is 3.61. The van der Waals surface area contributed by atoms with Crippen molar-refractivity contribution in [1.82, 2.24) is 0 Å². The zero-order valence-corrected chi connectivity index (χ0v) is 12.1. The molecule has 0 bridgehead atoms. The number of rotatable bonds is 2. The van der Waals surface area contributed by atoms with Gasteiger partial charge >= 0.3 is 0 Å². The van der Waals surface area contributed by atoms with Gasteiger partial charge in [-0.2, -0.15) is 0 Å². The van der Waals surface area contributed by atoms with Crippen LogP contribution in [0.15, 0.2) is 39.3 Å². The van der Waals surface area contributed by atoms with Crippen molar-refractivity contribution in [3.8, 4) is 0 Å². The van der Waals surface area contributed by atoms with Gasteiger partial charge in [-0.25, -0.2) is 8.78 Å². The summed E-state index contributed by atoms with van der Waals surface area (Å²) in [4.78, 5) is 0. The number of nitrogen functional groups attached to an aromatic ring is 1. The van der Waals surface area contributed by atoms with E-state index in [-0.39, 0.29) is 16.0 Å². The van der Waals surface area contributed by atoms with Crippen LogP contribution in [0.5, 0.6) is 0 Å². The van der Waals surface area contributed by atoms with Gasteiger partial charge in [-0.15, -0.1) is 0 Å². The first-order chi connectivity index (χ1) is 8.47. The van der Waals surface area contributed by atoms with E-state index in [0.29, 0.717) is 15.8 Å². The second kappa shape index (κ2) is 5.24. The molecule has 0 aliphatic heterocycles. The van der Waals surface area contributed by atoms with Gasteiger partial charge in [0.2, 0.25) is 0 Å². The minimum Gasteiger partial charge on any atom is -0.397 e. The largest absolute Gasteiger partial charge is 0.397 e. The standard InChI is InChI=1S/C12H8Br2F2N2/c13-7-2-1-6(3-9(7)15)18-12-4-8(14)10(16)5-11(12)17/h1-5,18H,17H2. The SMILES string of the molecule is Nc1cc(F)c(Br)cc1Nc1ccc(Br)c(F)c1. The van der Waals surface area contributed by atoms with Gasteiger partial charge in [0.05, 0.1) is 20.3 Å². The summed E-state index contributed by atoms with van der Waals surface area (Å²) in [6, 6.07) is 7.28. The summed E-state index contributed by atoms with van der Waals surface area (Å²) in [7, 11) is 0. The molecule has 0 amide bonds. The second-order valence-corrected chi connectivity index (χ2v) is 5.32. The average Bonchev–Trinajstić information content (AvgIpc) is 2.31. The summed E-state index contributed by atoms with van der Waals surface area (Å²) in [5.74, 6) is -0.834. The van der Waals surface area contributed by atoms with Crippen LogP contribution in [0.3, 0.4) is 0 Å². The van der Waals surface area contributed by atoms with Crippen molar-refractivity contribution in [2.24, 2.45) is 0 Å². The fourth-order valence-corrected chi connectivity index (χ4v) is 1.99. The molecule has 0 atom stereocenters. The van der Waals surface area contributed by atoms with E-state index in [1.54, 1.807) is 12.1 Å². The Labute approximate surface area is 119 Å². The molecule has 0 radical (unpaired) electrons. The first-order valence-electron chi connectivity index (χ1n) is 4.94. The van der Waals surface area contributed by atoms with Gasteiger partial charge in [0, 0.05) is 11.8 Å². The van der Waals surface area contributed by atoms with Gasteiger partial charge < -0.3 is 11.1 Å². The highest BCUT2D eigenvalue weighted by Crippen LogP contribution is 2.30. The van der Waals surface area contributed by atoms with Gasteiger partial charge in [-0.3, -0.25) is 0 Å². The molecule has 0 heterocycles. The van der Waals surface area contributed by atoms with Crippen molar-refractivity contribution < 1.29 is 8.78 Å².